The van der Waals surface area contributed by atoms with Crippen LogP contribution in [0.4, 0.5) is 10.5 Å². The van der Waals surface area contributed by atoms with Crippen molar-refractivity contribution >= 4 is 19.3 Å². The van der Waals surface area contributed by atoms with E-state index in [1.165, 1.54) is 11.3 Å². The Morgan fingerprint density at radius 2 is 1.94 bits per heavy atom. The molecule has 4 heteroatoms. The van der Waals surface area contributed by atoms with Crippen molar-refractivity contribution in [2.45, 2.75) is 13.1 Å². The van der Waals surface area contributed by atoms with E-state index in [1.807, 2.05) is 29.2 Å². The molecule has 0 spiro atoms. The van der Waals surface area contributed by atoms with Crippen LogP contribution in [0.25, 0.3) is 0 Å². The molecule has 3 rings (SSSR count). The van der Waals surface area contributed by atoms with Crippen molar-refractivity contribution in [3.63, 3.8) is 0 Å². The van der Waals surface area contributed by atoms with Crippen molar-refractivity contribution in [3.8, 4) is 0 Å². The molecule has 2 aromatic rings. The van der Waals surface area contributed by atoms with Gasteiger partial charge in [0.05, 0.1) is 6.54 Å². The number of hydrogen-bond donors (Lipinski definition) is 0. The molecule has 1 amide bonds. The molecule has 1 aliphatic heterocycles. The van der Waals surface area contributed by atoms with Crippen molar-refractivity contribution in [3.05, 3.63) is 53.9 Å². The fourth-order valence-corrected chi connectivity index (χ4v) is 2.37. The Morgan fingerprint density at radius 1 is 1.12 bits per heavy atom. The standard InChI is InChI=1S/C13H13BN2O/c14-13(17)16-9-11-5-3-7-15(11)8-10-4-1-2-6-12(10)16/h1-7H,8-9,14H2. The fourth-order valence-electron chi connectivity index (χ4n) is 2.37. The molecule has 0 bridgehead atoms. The zero-order valence-corrected chi connectivity index (χ0v) is 9.76. The first-order valence-corrected chi connectivity index (χ1v) is 5.76. The summed E-state index contributed by atoms with van der Waals surface area (Å²) >= 11 is 0. The summed E-state index contributed by atoms with van der Waals surface area (Å²) in [7, 11) is 1.62. The molecule has 1 aromatic carbocycles. The third kappa shape index (κ3) is 1.66. The van der Waals surface area contributed by atoms with Crippen LogP contribution in [0, 0.1) is 0 Å². The van der Waals surface area contributed by atoms with Gasteiger partial charge in [0.2, 0.25) is 7.85 Å². The van der Waals surface area contributed by atoms with Gasteiger partial charge in [0.1, 0.15) is 0 Å². The number of amides is 1. The second-order valence-electron chi connectivity index (χ2n) is 4.36. The predicted molar refractivity (Wildman–Crippen MR) is 70.1 cm³/mol. The quantitative estimate of drug-likeness (QED) is 0.624. The third-order valence-electron chi connectivity index (χ3n) is 3.25. The van der Waals surface area contributed by atoms with E-state index in [1.54, 1.807) is 7.85 Å². The van der Waals surface area contributed by atoms with Crippen LogP contribution in [0.15, 0.2) is 42.6 Å². The highest BCUT2D eigenvalue weighted by Crippen LogP contribution is 2.27. The molecule has 0 radical (unpaired) electrons. The summed E-state index contributed by atoms with van der Waals surface area (Å²) in [6.07, 6.45) is 2.07. The summed E-state index contributed by atoms with van der Waals surface area (Å²) < 4.78 is 2.20. The van der Waals surface area contributed by atoms with Crippen LogP contribution < -0.4 is 4.90 Å². The number of anilines is 1. The Kier molecular flexibility index (Phi) is 2.28. The third-order valence-corrected chi connectivity index (χ3v) is 3.25. The molecule has 0 saturated carbocycles. The molecular weight excluding hydrogens is 211 g/mol. The van der Waals surface area contributed by atoms with E-state index in [-0.39, 0.29) is 5.81 Å². The van der Waals surface area contributed by atoms with Crippen LogP contribution in [0.1, 0.15) is 11.3 Å². The summed E-state index contributed by atoms with van der Waals surface area (Å²) in [5.41, 5.74) is 3.40. The number of rotatable bonds is 0. The van der Waals surface area contributed by atoms with Crippen molar-refractivity contribution in [1.82, 2.24) is 4.57 Å². The molecule has 84 valence electrons. The smallest absolute Gasteiger partial charge is 0.216 e. The normalized spacial score (nSPS) is 13.8. The number of hydrogen-bond acceptors (Lipinski definition) is 1. The lowest BCUT2D eigenvalue weighted by molar-refractivity contribution is 0.263. The second-order valence-corrected chi connectivity index (χ2v) is 4.36. The monoisotopic (exact) mass is 224 g/mol. The molecule has 0 N–H and O–H groups in total. The zero-order chi connectivity index (χ0) is 11.8. The van der Waals surface area contributed by atoms with Crippen LogP contribution in [0.2, 0.25) is 0 Å². The van der Waals surface area contributed by atoms with E-state index in [0.717, 1.165) is 12.2 Å². The summed E-state index contributed by atoms with van der Waals surface area (Å²) in [5, 5.41) is 0. The van der Waals surface area contributed by atoms with Crippen molar-refractivity contribution in [2.24, 2.45) is 0 Å². The van der Waals surface area contributed by atoms with E-state index < -0.39 is 0 Å². The van der Waals surface area contributed by atoms with Gasteiger partial charge in [-0.05, 0) is 23.8 Å². The minimum Gasteiger partial charge on any atom is -0.345 e. The van der Waals surface area contributed by atoms with Gasteiger partial charge in [-0.25, -0.2) is 0 Å². The van der Waals surface area contributed by atoms with Gasteiger partial charge >= 0.3 is 0 Å². The average molecular weight is 224 g/mol. The van der Waals surface area contributed by atoms with E-state index >= 15 is 0 Å². The van der Waals surface area contributed by atoms with E-state index in [9.17, 15) is 4.79 Å². The highest BCUT2D eigenvalue weighted by molar-refractivity contribution is 6.60. The maximum absolute atomic E-state index is 11.8. The molecule has 1 aromatic heterocycles. The number of fused-ring (bicyclic) bond motifs is 2. The Morgan fingerprint density at radius 3 is 2.76 bits per heavy atom. The molecule has 3 nitrogen and oxygen atoms in total. The van der Waals surface area contributed by atoms with Gasteiger partial charge < -0.3 is 9.47 Å². The first kappa shape index (κ1) is 10.2. The fraction of sp³-hybridized carbons (Fsp3) is 0.154. The summed E-state index contributed by atoms with van der Waals surface area (Å²) in [4.78, 5) is 13.6. The second kappa shape index (κ2) is 3.80. The molecule has 0 atom stereocenters. The topological polar surface area (TPSA) is 25.2 Å². The lowest BCUT2D eigenvalue weighted by Crippen LogP contribution is -2.29. The largest absolute Gasteiger partial charge is 0.345 e. The Balaban J connectivity index is 2.16. The van der Waals surface area contributed by atoms with Gasteiger partial charge in [-0.1, -0.05) is 18.2 Å². The molecule has 0 fully saturated rings. The van der Waals surface area contributed by atoms with Crippen molar-refractivity contribution in [2.75, 3.05) is 4.90 Å². The highest BCUT2D eigenvalue weighted by atomic mass is 16.1. The number of carbonyl (C=O) groups excluding carboxylic acids is 1. The van der Waals surface area contributed by atoms with E-state index in [0.29, 0.717) is 6.54 Å². The minimum absolute atomic E-state index is 0.0899. The molecule has 17 heavy (non-hydrogen) atoms. The summed E-state index contributed by atoms with van der Waals surface area (Å²) in [6.45, 7) is 1.49. The van der Waals surface area contributed by atoms with E-state index in [4.69, 9.17) is 0 Å². The number of nitrogens with zero attached hydrogens (tertiary/aromatic N) is 2. The van der Waals surface area contributed by atoms with E-state index in [2.05, 4.69) is 22.9 Å². The molecular formula is C13H13BN2O. The van der Waals surface area contributed by atoms with Crippen molar-refractivity contribution in [1.29, 1.82) is 0 Å². The van der Waals surface area contributed by atoms with Crippen LogP contribution in [-0.2, 0) is 13.1 Å². The number of carbonyl (C=O) groups is 1. The summed E-state index contributed by atoms with van der Waals surface area (Å²) in [5.74, 6) is 0.0899. The Hall–Kier alpha value is -1.97. The first-order chi connectivity index (χ1) is 8.25. The molecule has 1 aliphatic rings. The minimum atomic E-state index is 0.0899. The van der Waals surface area contributed by atoms with Gasteiger partial charge in [0.15, 0.2) is 5.81 Å². The molecule has 2 heterocycles. The van der Waals surface area contributed by atoms with Crippen LogP contribution in [-0.4, -0.2) is 18.2 Å². The van der Waals surface area contributed by atoms with Crippen LogP contribution in [0.3, 0.4) is 0 Å². The highest BCUT2D eigenvalue weighted by Gasteiger charge is 2.20. The lowest BCUT2D eigenvalue weighted by Gasteiger charge is -2.21. The van der Waals surface area contributed by atoms with Gasteiger partial charge in [0, 0.05) is 24.1 Å². The molecule has 0 saturated heterocycles. The van der Waals surface area contributed by atoms with Crippen LogP contribution >= 0.6 is 0 Å². The van der Waals surface area contributed by atoms with Crippen LogP contribution in [0.5, 0.6) is 0 Å². The van der Waals surface area contributed by atoms with Gasteiger partial charge in [-0.2, -0.15) is 0 Å². The van der Waals surface area contributed by atoms with Gasteiger partial charge in [-0.15, -0.1) is 0 Å². The maximum atomic E-state index is 11.8. The Labute approximate surface area is 101 Å². The van der Waals surface area contributed by atoms with Gasteiger partial charge in [-0.3, -0.25) is 4.79 Å². The summed E-state index contributed by atoms with van der Waals surface area (Å²) in [6, 6.07) is 12.2. The lowest BCUT2D eigenvalue weighted by atomic mass is 10.1. The maximum Gasteiger partial charge on any atom is 0.216 e. The predicted octanol–water partition coefficient (Wildman–Crippen LogP) is 1.61. The number of aromatic nitrogens is 1. The molecule has 0 unspecified atom stereocenters. The molecule has 0 aliphatic carbocycles. The SMILES string of the molecule is BC(=O)N1Cc2cccn2Cc2ccccc21. The van der Waals surface area contributed by atoms with Gasteiger partial charge in [0.25, 0.3) is 0 Å². The first-order valence-electron chi connectivity index (χ1n) is 5.76. The average Bonchev–Trinajstić information content (AvgIpc) is 2.68. The van der Waals surface area contributed by atoms with Crippen molar-refractivity contribution < 1.29 is 4.79 Å². The number of benzene rings is 1. The zero-order valence-electron chi connectivity index (χ0n) is 9.76. The Bertz CT molecular complexity index is 576. The number of para-hydroxylation sites is 1.